The Hall–Kier alpha value is -6.71. The molecule has 0 atom stereocenters. The molecule has 0 spiro atoms. The lowest BCUT2D eigenvalue weighted by atomic mass is 9.97. The highest BCUT2D eigenvalue weighted by atomic mass is 16.4. The molecule has 0 saturated carbocycles. The number of oxazole rings is 2. The number of aromatic nitrogens is 3. The normalized spacial score (nSPS) is 11.8. The topological polar surface area (TPSA) is 80.8 Å². The van der Waals surface area contributed by atoms with Crippen molar-refractivity contribution in [3.63, 3.8) is 0 Å². The predicted octanol–water partition coefficient (Wildman–Crippen LogP) is 10.6. The van der Waals surface area contributed by atoms with Gasteiger partial charge in [0.05, 0.1) is 22.7 Å². The van der Waals surface area contributed by atoms with Crippen molar-refractivity contribution in [1.82, 2.24) is 14.5 Å². The third kappa shape index (κ3) is 3.84. The number of para-hydroxylation sites is 4. The van der Waals surface area contributed by atoms with Crippen molar-refractivity contribution in [3.05, 3.63) is 139 Å². The molecule has 10 rings (SSSR count). The summed E-state index contributed by atoms with van der Waals surface area (Å²) in [6.07, 6.45) is 0. The summed E-state index contributed by atoms with van der Waals surface area (Å²) in [7, 11) is 0. The fourth-order valence-electron chi connectivity index (χ4n) is 6.88. The van der Waals surface area contributed by atoms with Gasteiger partial charge in [0.25, 0.3) is 0 Å². The number of fused-ring (bicyclic) bond motifs is 8. The van der Waals surface area contributed by atoms with Gasteiger partial charge in [-0.25, -0.2) is 9.97 Å². The molecule has 0 aliphatic rings. The Labute approximate surface area is 267 Å². The first kappa shape index (κ1) is 25.6. The minimum atomic E-state index is 0.578. The number of nitrogens with zero attached hydrogens (tertiary/aromatic N) is 4. The van der Waals surface area contributed by atoms with E-state index in [9.17, 15) is 5.26 Å². The lowest BCUT2D eigenvalue weighted by molar-refractivity contribution is 0.619. The lowest BCUT2D eigenvalue weighted by Gasteiger charge is -2.12. The third-order valence-electron chi connectivity index (χ3n) is 9.07. The van der Waals surface area contributed by atoms with E-state index >= 15 is 0 Å². The molecule has 6 heteroatoms. The molecule has 0 amide bonds. The number of benzene rings is 7. The zero-order chi connectivity index (χ0) is 31.1. The van der Waals surface area contributed by atoms with Crippen LogP contribution in [0.3, 0.4) is 0 Å². The van der Waals surface area contributed by atoms with Crippen LogP contribution in [0, 0.1) is 11.3 Å². The molecule has 6 nitrogen and oxygen atoms in total. The Balaban J connectivity index is 1.24. The van der Waals surface area contributed by atoms with Gasteiger partial charge in [0.2, 0.25) is 11.8 Å². The predicted molar refractivity (Wildman–Crippen MR) is 187 cm³/mol. The molecular formula is C41H22N4O2. The van der Waals surface area contributed by atoms with E-state index in [4.69, 9.17) is 18.8 Å². The molecular weight excluding hydrogens is 580 g/mol. The van der Waals surface area contributed by atoms with Crippen molar-refractivity contribution < 1.29 is 8.83 Å². The van der Waals surface area contributed by atoms with Crippen molar-refractivity contribution in [1.29, 1.82) is 5.26 Å². The Morgan fingerprint density at radius 3 is 1.68 bits per heavy atom. The quantitative estimate of drug-likeness (QED) is 0.188. The molecule has 0 bridgehead atoms. The first-order chi connectivity index (χ1) is 23.2. The molecule has 218 valence electrons. The van der Waals surface area contributed by atoms with E-state index in [1.807, 2.05) is 72.8 Å². The van der Waals surface area contributed by atoms with Crippen LogP contribution in [0.15, 0.2) is 142 Å². The van der Waals surface area contributed by atoms with Gasteiger partial charge in [0, 0.05) is 33.0 Å². The highest BCUT2D eigenvalue weighted by Gasteiger charge is 2.18. The molecule has 3 heterocycles. The molecule has 0 aliphatic carbocycles. The van der Waals surface area contributed by atoms with Crippen molar-refractivity contribution in [2.24, 2.45) is 0 Å². The summed E-state index contributed by atoms with van der Waals surface area (Å²) < 4.78 is 14.6. The fraction of sp³-hybridized carbons (Fsp3) is 0. The maximum Gasteiger partial charge on any atom is 0.227 e. The van der Waals surface area contributed by atoms with E-state index in [2.05, 4.69) is 71.3 Å². The van der Waals surface area contributed by atoms with Gasteiger partial charge in [0.1, 0.15) is 11.0 Å². The number of hydrogen-bond donors (Lipinski definition) is 0. The van der Waals surface area contributed by atoms with Crippen LogP contribution in [0.2, 0.25) is 0 Å². The molecule has 10 aromatic rings. The van der Waals surface area contributed by atoms with Crippen molar-refractivity contribution >= 4 is 65.6 Å². The summed E-state index contributed by atoms with van der Waals surface area (Å²) >= 11 is 0. The summed E-state index contributed by atoms with van der Waals surface area (Å²) in [5.74, 6) is 1.16. The van der Waals surface area contributed by atoms with Crippen LogP contribution in [0.4, 0.5) is 0 Å². The first-order valence-electron chi connectivity index (χ1n) is 15.4. The molecule has 0 aliphatic heterocycles. The van der Waals surface area contributed by atoms with Crippen LogP contribution in [0.5, 0.6) is 0 Å². The summed E-state index contributed by atoms with van der Waals surface area (Å²) in [5, 5.41) is 16.1. The van der Waals surface area contributed by atoms with E-state index < -0.39 is 0 Å². The zero-order valence-corrected chi connectivity index (χ0v) is 24.8. The number of nitriles is 1. The molecule has 0 saturated heterocycles. The maximum absolute atomic E-state index is 9.85. The van der Waals surface area contributed by atoms with Gasteiger partial charge >= 0.3 is 0 Å². The average molecular weight is 603 g/mol. The summed E-state index contributed by atoms with van der Waals surface area (Å²) in [4.78, 5) is 9.56. The summed E-state index contributed by atoms with van der Waals surface area (Å²) in [6, 6.07) is 47.3. The second-order valence-electron chi connectivity index (χ2n) is 11.8. The second-order valence-corrected chi connectivity index (χ2v) is 11.8. The van der Waals surface area contributed by atoms with E-state index in [0.29, 0.717) is 17.3 Å². The van der Waals surface area contributed by atoms with Crippen LogP contribution in [0.25, 0.3) is 94.1 Å². The Kier molecular flexibility index (Phi) is 5.25. The molecule has 7 aromatic carbocycles. The van der Waals surface area contributed by atoms with Gasteiger partial charge in [-0.2, -0.15) is 5.26 Å². The smallest absolute Gasteiger partial charge is 0.227 e. The number of rotatable bonds is 3. The molecule has 47 heavy (non-hydrogen) atoms. The van der Waals surface area contributed by atoms with Crippen LogP contribution in [-0.2, 0) is 0 Å². The van der Waals surface area contributed by atoms with Crippen molar-refractivity contribution in [2.45, 2.75) is 0 Å². The van der Waals surface area contributed by atoms with E-state index in [-0.39, 0.29) is 0 Å². The average Bonchev–Trinajstić information content (AvgIpc) is 3.84. The molecule has 0 radical (unpaired) electrons. The lowest BCUT2D eigenvalue weighted by Crippen LogP contribution is -1.94. The van der Waals surface area contributed by atoms with E-state index in [0.717, 1.165) is 82.4 Å². The largest absolute Gasteiger partial charge is 0.436 e. The maximum atomic E-state index is 9.85. The number of hydrogen-bond acceptors (Lipinski definition) is 5. The van der Waals surface area contributed by atoms with E-state index in [1.165, 1.54) is 0 Å². The Morgan fingerprint density at radius 1 is 0.511 bits per heavy atom. The van der Waals surface area contributed by atoms with Gasteiger partial charge in [0.15, 0.2) is 11.2 Å². The SMILES string of the molecule is N#Cc1cc2ccc(-n3c4ccc(-c5nc6ccccc6o5)cc4c4cc(-c5nc6ccccc6o5)ccc43)cc2c2ccccc12. The third-order valence-corrected chi connectivity index (χ3v) is 9.07. The Bertz CT molecular complexity index is 2740. The van der Waals surface area contributed by atoms with Crippen LogP contribution in [0.1, 0.15) is 5.56 Å². The monoisotopic (exact) mass is 602 g/mol. The van der Waals surface area contributed by atoms with Gasteiger partial charge in [-0.05, 0) is 95.0 Å². The van der Waals surface area contributed by atoms with Gasteiger partial charge in [-0.3, -0.25) is 0 Å². The van der Waals surface area contributed by atoms with Crippen molar-refractivity contribution in [3.8, 4) is 34.7 Å². The highest BCUT2D eigenvalue weighted by molar-refractivity contribution is 6.13. The van der Waals surface area contributed by atoms with Crippen molar-refractivity contribution in [2.75, 3.05) is 0 Å². The van der Waals surface area contributed by atoms with Gasteiger partial charge in [-0.1, -0.05) is 54.6 Å². The standard InChI is InChI=1S/C41H22N4O2/c42-23-27-19-24-13-16-28(22-31(24)30-8-2-1-7-29(27)30)45-36-17-14-25(40-43-34-9-3-5-11-38(34)46-40)20-32(36)33-21-26(15-18-37(33)45)41-44-35-10-4-6-12-39(35)47-41/h1-22H. The molecule has 0 fully saturated rings. The fourth-order valence-corrected chi connectivity index (χ4v) is 6.88. The minimum absolute atomic E-state index is 0.578. The van der Waals surface area contributed by atoms with E-state index in [1.54, 1.807) is 0 Å². The zero-order valence-electron chi connectivity index (χ0n) is 24.8. The van der Waals surface area contributed by atoms with Gasteiger partial charge in [-0.15, -0.1) is 0 Å². The molecule has 0 N–H and O–H groups in total. The molecule has 3 aromatic heterocycles. The molecule has 0 unspecified atom stereocenters. The van der Waals surface area contributed by atoms with Crippen LogP contribution in [-0.4, -0.2) is 14.5 Å². The minimum Gasteiger partial charge on any atom is -0.436 e. The first-order valence-corrected chi connectivity index (χ1v) is 15.4. The Morgan fingerprint density at radius 2 is 1.09 bits per heavy atom. The summed E-state index contributed by atoms with van der Waals surface area (Å²) in [6.45, 7) is 0. The van der Waals surface area contributed by atoms with Crippen LogP contribution >= 0.6 is 0 Å². The summed E-state index contributed by atoms with van der Waals surface area (Å²) in [5.41, 5.74) is 8.75. The van der Waals surface area contributed by atoms with Gasteiger partial charge < -0.3 is 13.4 Å². The second kappa shape index (κ2) is 9.64. The van der Waals surface area contributed by atoms with Crippen LogP contribution < -0.4 is 0 Å². The highest BCUT2D eigenvalue weighted by Crippen LogP contribution is 2.39.